The van der Waals surface area contributed by atoms with Crippen molar-refractivity contribution in [2.45, 2.75) is 38.6 Å². The summed E-state index contributed by atoms with van der Waals surface area (Å²) in [4.78, 5) is 22.5. The van der Waals surface area contributed by atoms with E-state index in [2.05, 4.69) is 22.9 Å². The van der Waals surface area contributed by atoms with Gasteiger partial charge in [0.15, 0.2) is 0 Å². The van der Waals surface area contributed by atoms with Gasteiger partial charge in [-0.25, -0.2) is 0 Å². The van der Waals surface area contributed by atoms with Crippen molar-refractivity contribution < 1.29 is 9.59 Å². The highest BCUT2D eigenvalue weighted by atomic mass is 16.2. The molecule has 0 aromatic heterocycles. The molecule has 1 aliphatic carbocycles. The first-order valence-corrected chi connectivity index (χ1v) is 5.99. The standard InChI is InChI=1S/C11H21N3O2/c1-2-3-6-13-10(15)7-12-8-11(16)14-9-4-5-9/h9,12H,2-8H2,1H3,(H,13,15)(H,14,16). The number of hydrogen-bond acceptors (Lipinski definition) is 3. The van der Waals surface area contributed by atoms with Crippen molar-refractivity contribution in [3.05, 3.63) is 0 Å². The van der Waals surface area contributed by atoms with Crippen molar-refractivity contribution in [3.63, 3.8) is 0 Å². The summed E-state index contributed by atoms with van der Waals surface area (Å²) in [7, 11) is 0. The van der Waals surface area contributed by atoms with E-state index in [1.165, 1.54) is 0 Å². The highest BCUT2D eigenvalue weighted by Gasteiger charge is 2.22. The highest BCUT2D eigenvalue weighted by Crippen LogP contribution is 2.17. The van der Waals surface area contributed by atoms with E-state index in [1.807, 2.05) is 0 Å². The molecule has 16 heavy (non-hydrogen) atoms. The lowest BCUT2D eigenvalue weighted by Gasteiger charge is -2.06. The Morgan fingerprint density at radius 3 is 2.50 bits per heavy atom. The number of hydrogen-bond donors (Lipinski definition) is 3. The quantitative estimate of drug-likeness (QED) is 0.502. The van der Waals surface area contributed by atoms with Crippen LogP contribution in [-0.2, 0) is 9.59 Å². The average molecular weight is 227 g/mol. The van der Waals surface area contributed by atoms with Gasteiger partial charge in [0.25, 0.3) is 0 Å². The van der Waals surface area contributed by atoms with Gasteiger partial charge in [0.05, 0.1) is 13.1 Å². The van der Waals surface area contributed by atoms with Gasteiger partial charge in [-0.3, -0.25) is 14.9 Å². The first kappa shape index (κ1) is 13.0. The zero-order valence-electron chi connectivity index (χ0n) is 9.84. The maximum absolute atomic E-state index is 11.2. The van der Waals surface area contributed by atoms with Crippen LogP contribution < -0.4 is 16.0 Å². The van der Waals surface area contributed by atoms with Gasteiger partial charge in [0.1, 0.15) is 0 Å². The fourth-order valence-corrected chi connectivity index (χ4v) is 1.26. The van der Waals surface area contributed by atoms with E-state index >= 15 is 0 Å². The van der Waals surface area contributed by atoms with Gasteiger partial charge < -0.3 is 10.6 Å². The maximum Gasteiger partial charge on any atom is 0.234 e. The Morgan fingerprint density at radius 2 is 1.88 bits per heavy atom. The molecule has 1 fully saturated rings. The first-order chi connectivity index (χ1) is 7.72. The number of amides is 2. The van der Waals surface area contributed by atoms with Crippen molar-refractivity contribution in [2.24, 2.45) is 0 Å². The molecule has 0 atom stereocenters. The molecule has 5 heteroatoms. The molecule has 1 aliphatic rings. The Balaban J connectivity index is 1.92. The number of carbonyl (C=O) groups excluding carboxylic acids is 2. The minimum atomic E-state index is -0.0485. The number of carbonyl (C=O) groups is 2. The van der Waals surface area contributed by atoms with Crippen molar-refractivity contribution in [2.75, 3.05) is 19.6 Å². The minimum Gasteiger partial charge on any atom is -0.355 e. The summed E-state index contributed by atoms with van der Waals surface area (Å²) in [6.07, 6.45) is 4.23. The molecular formula is C11H21N3O2. The van der Waals surface area contributed by atoms with Crippen LogP contribution in [0, 0.1) is 0 Å². The van der Waals surface area contributed by atoms with E-state index < -0.39 is 0 Å². The molecule has 92 valence electrons. The van der Waals surface area contributed by atoms with Crippen LogP contribution >= 0.6 is 0 Å². The van der Waals surface area contributed by atoms with E-state index in [-0.39, 0.29) is 24.9 Å². The van der Waals surface area contributed by atoms with E-state index in [4.69, 9.17) is 0 Å². The molecule has 1 saturated carbocycles. The third kappa shape index (κ3) is 6.40. The van der Waals surface area contributed by atoms with E-state index in [9.17, 15) is 9.59 Å². The topological polar surface area (TPSA) is 70.2 Å². The zero-order valence-corrected chi connectivity index (χ0v) is 9.84. The van der Waals surface area contributed by atoms with Crippen molar-refractivity contribution in [1.29, 1.82) is 0 Å². The Hall–Kier alpha value is -1.10. The molecule has 5 nitrogen and oxygen atoms in total. The molecule has 0 aromatic carbocycles. The van der Waals surface area contributed by atoms with E-state index in [1.54, 1.807) is 0 Å². The van der Waals surface area contributed by atoms with Crippen LogP contribution in [0.1, 0.15) is 32.6 Å². The zero-order chi connectivity index (χ0) is 11.8. The summed E-state index contributed by atoms with van der Waals surface area (Å²) < 4.78 is 0. The van der Waals surface area contributed by atoms with Gasteiger partial charge in [-0.2, -0.15) is 0 Å². The van der Waals surface area contributed by atoms with Crippen LogP contribution in [0.3, 0.4) is 0 Å². The molecule has 0 radical (unpaired) electrons. The van der Waals surface area contributed by atoms with Crippen molar-refractivity contribution in [3.8, 4) is 0 Å². The molecule has 0 saturated heterocycles. The van der Waals surface area contributed by atoms with Crippen LogP contribution in [0.5, 0.6) is 0 Å². The number of nitrogens with one attached hydrogen (secondary N) is 3. The van der Waals surface area contributed by atoms with Gasteiger partial charge in [-0.1, -0.05) is 13.3 Å². The Morgan fingerprint density at radius 1 is 1.19 bits per heavy atom. The van der Waals surface area contributed by atoms with Crippen LogP contribution in [-0.4, -0.2) is 37.5 Å². The Bertz CT molecular complexity index is 239. The van der Waals surface area contributed by atoms with Crippen LogP contribution in [0.15, 0.2) is 0 Å². The third-order valence-corrected chi connectivity index (χ3v) is 2.37. The molecule has 0 bridgehead atoms. The van der Waals surface area contributed by atoms with Gasteiger partial charge in [0.2, 0.25) is 11.8 Å². The van der Waals surface area contributed by atoms with Gasteiger partial charge in [-0.05, 0) is 19.3 Å². The third-order valence-electron chi connectivity index (χ3n) is 2.37. The summed E-state index contributed by atoms with van der Waals surface area (Å²) in [6.45, 7) is 3.22. The smallest absolute Gasteiger partial charge is 0.234 e. The summed E-state index contributed by atoms with van der Waals surface area (Å²) in [5.74, 6) is -0.0727. The highest BCUT2D eigenvalue weighted by molar-refractivity contribution is 5.81. The molecule has 0 unspecified atom stereocenters. The summed E-state index contributed by atoms with van der Waals surface area (Å²) in [6, 6.07) is 0.382. The monoisotopic (exact) mass is 227 g/mol. The van der Waals surface area contributed by atoms with E-state index in [0.717, 1.165) is 25.7 Å². The number of unbranched alkanes of at least 4 members (excludes halogenated alkanes) is 1. The summed E-state index contributed by atoms with van der Waals surface area (Å²) in [5, 5.41) is 8.44. The SMILES string of the molecule is CCCCNC(=O)CNCC(=O)NC1CC1. The van der Waals surface area contributed by atoms with Crippen molar-refractivity contribution in [1.82, 2.24) is 16.0 Å². The largest absolute Gasteiger partial charge is 0.355 e. The Labute approximate surface area is 96.4 Å². The molecule has 1 rings (SSSR count). The first-order valence-electron chi connectivity index (χ1n) is 5.99. The predicted octanol–water partition coefficient (Wildman–Crippen LogP) is -0.229. The Kier molecular flexibility index (Phi) is 5.85. The molecular weight excluding hydrogens is 206 g/mol. The van der Waals surface area contributed by atoms with Gasteiger partial charge >= 0.3 is 0 Å². The maximum atomic E-state index is 11.2. The second-order valence-electron chi connectivity index (χ2n) is 4.15. The predicted molar refractivity (Wildman–Crippen MR) is 62.0 cm³/mol. The van der Waals surface area contributed by atoms with Gasteiger partial charge in [-0.15, -0.1) is 0 Å². The lowest BCUT2D eigenvalue weighted by molar-refractivity contribution is -0.121. The summed E-state index contributed by atoms with van der Waals surface area (Å²) >= 11 is 0. The molecule has 0 aliphatic heterocycles. The molecule has 0 spiro atoms. The fraction of sp³-hybridized carbons (Fsp3) is 0.818. The second kappa shape index (κ2) is 7.22. The normalized spacial score (nSPS) is 14.6. The lowest BCUT2D eigenvalue weighted by Crippen LogP contribution is -2.40. The minimum absolute atomic E-state index is 0.0242. The molecule has 0 aromatic rings. The van der Waals surface area contributed by atoms with Crippen molar-refractivity contribution >= 4 is 11.8 Å². The van der Waals surface area contributed by atoms with Gasteiger partial charge in [0, 0.05) is 12.6 Å². The van der Waals surface area contributed by atoms with Crippen LogP contribution in [0.2, 0.25) is 0 Å². The van der Waals surface area contributed by atoms with Crippen LogP contribution in [0.4, 0.5) is 0 Å². The number of rotatable bonds is 8. The lowest BCUT2D eigenvalue weighted by atomic mass is 10.3. The molecule has 3 N–H and O–H groups in total. The fourth-order valence-electron chi connectivity index (χ4n) is 1.26. The van der Waals surface area contributed by atoms with Crippen LogP contribution in [0.25, 0.3) is 0 Å². The average Bonchev–Trinajstić information content (AvgIpc) is 3.02. The molecule has 2 amide bonds. The molecule has 0 heterocycles. The summed E-state index contributed by atoms with van der Waals surface area (Å²) in [5.41, 5.74) is 0. The second-order valence-corrected chi connectivity index (χ2v) is 4.15. The van der Waals surface area contributed by atoms with E-state index in [0.29, 0.717) is 12.6 Å².